The highest BCUT2D eigenvalue weighted by molar-refractivity contribution is 5.98. The van der Waals surface area contributed by atoms with Gasteiger partial charge in [0.25, 0.3) is 5.91 Å². The number of nitrogens with one attached hydrogen (secondary N) is 2. The van der Waals surface area contributed by atoms with Crippen molar-refractivity contribution in [2.24, 2.45) is 0 Å². The predicted octanol–water partition coefficient (Wildman–Crippen LogP) is 3.18. The van der Waals surface area contributed by atoms with Gasteiger partial charge in [0.05, 0.1) is 5.52 Å². The quantitative estimate of drug-likeness (QED) is 0.688. The smallest absolute Gasteiger partial charge is 0.405 e. The van der Waals surface area contributed by atoms with E-state index in [1.807, 2.05) is 12.1 Å². The Morgan fingerprint density at radius 2 is 1.79 bits per heavy atom. The summed E-state index contributed by atoms with van der Waals surface area (Å²) in [5.74, 6) is -0.452. The number of hydrogen-bond acceptors (Lipinski definition) is 3. The highest BCUT2D eigenvalue weighted by Gasteiger charge is 2.22. The molecule has 0 saturated carbocycles. The second kappa shape index (κ2) is 6.78. The summed E-state index contributed by atoms with van der Waals surface area (Å²) in [6.07, 6.45) is 0.435. The van der Waals surface area contributed by atoms with Crippen LogP contribution in [0.5, 0.6) is 0 Å². The Hall–Kier alpha value is -3.41. The molecule has 1 unspecified atom stereocenters. The molecule has 0 spiro atoms. The number of carbonyl (C=O) groups excluding carboxylic acids is 1. The van der Waals surface area contributed by atoms with E-state index in [0.29, 0.717) is 11.3 Å². The van der Waals surface area contributed by atoms with Gasteiger partial charge in [-0.15, -0.1) is 0 Å². The SMILES string of the molecule is O=C(O)NC(C(=O)Nc1ccc2ncccc2c1)c1ccccc1. The number of aromatic nitrogens is 1. The van der Waals surface area contributed by atoms with Crippen LogP contribution < -0.4 is 10.6 Å². The van der Waals surface area contributed by atoms with E-state index in [4.69, 9.17) is 5.11 Å². The first-order valence-corrected chi connectivity index (χ1v) is 7.33. The Kier molecular flexibility index (Phi) is 4.38. The summed E-state index contributed by atoms with van der Waals surface area (Å²) < 4.78 is 0. The van der Waals surface area contributed by atoms with E-state index in [-0.39, 0.29) is 0 Å². The van der Waals surface area contributed by atoms with Gasteiger partial charge >= 0.3 is 6.09 Å². The highest BCUT2D eigenvalue weighted by atomic mass is 16.4. The highest BCUT2D eigenvalue weighted by Crippen LogP contribution is 2.20. The van der Waals surface area contributed by atoms with E-state index in [0.717, 1.165) is 10.9 Å². The molecule has 3 N–H and O–H groups in total. The monoisotopic (exact) mass is 321 g/mol. The van der Waals surface area contributed by atoms with Crippen molar-refractivity contribution in [3.05, 3.63) is 72.4 Å². The van der Waals surface area contributed by atoms with Crippen LogP contribution in [-0.4, -0.2) is 22.1 Å². The van der Waals surface area contributed by atoms with Crippen molar-refractivity contribution in [2.45, 2.75) is 6.04 Å². The van der Waals surface area contributed by atoms with Gasteiger partial charge in [-0.3, -0.25) is 9.78 Å². The van der Waals surface area contributed by atoms with E-state index in [9.17, 15) is 9.59 Å². The van der Waals surface area contributed by atoms with Crippen LogP contribution in [-0.2, 0) is 4.79 Å². The van der Waals surface area contributed by atoms with Gasteiger partial charge in [0.2, 0.25) is 0 Å². The number of anilines is 1. The van der Waals surface area contributed by atoms with Gasteiger partial charge in [-0.1, -0.05) is 36.4 Å². The minimum absolute atomic E-state index is 0.452. The summed E-state index contributed by atoms with van der Waals surface area (Å²) in [5.41, 5.74) is 1.97. The average molecular weight is 321 g/mol. The third-order valence-corrected chi connectivity index (χ3v) is 3.53. The normalized spacial score (nSPS) is 11.7. The lowest BCUT2D eigenvalue weighted by Crippen LogP contribution is -2.36. The molecular formula is C18H15N3O3. The summed E-state index contributed by atoms with van der Waals surface area (Å²) in [7, 11) is 0. The lowest BCUT2D eigenvalue weighted by Gasteiger charge is -2.17. The summed E-state index contributed by atoms with van der Waals surface area (Å²) in [4.78, 5) is 27.8. The number of carbonyl (C=O) groups is 2. The molecule has 0 aliphatic rings. The number of benzene rings is 2. The summed E-state index contributed by atoms with van der Waals surface area (Å²) in [6, 6.07) is 16.7. The molecule has 0 aliphatic heterocycles. The Morgan fingerprint density at radius 3 is 2.54 bits per heavy atom. The van der Waals surface area contributed by atoms with E-state index in [1.54, 1.807) is 54.7 Å². The molecule has 1 heterocycles. The number of amides is 2. The molecule has 1 aromatic heterocycles. The average Bonchev–Trinajstić information content (AvgIpc) is 2.60. The molecule has 2 amide bonds. The Labute approximate surface area is 138 Å². The van der Waals surface area contributed by atoms with Gasteiger partial charge in [0.1, 0.15) is 6.04 Å². The zero-order chi connectivity index (χ0) is 16.9. The van der Waals surface area contributed by atoms with Gasteiger partial charge in [-0.05, 0) is 29.8 Å². The molecule has 1 atom stereocenters. The zero-order valence-corrected chi connectivity index (χ0v) is 12.6. The second-order valence-electron chi connectivity index (χ2n) is 5.19. The maximum Gasteiger partial charge on any atom is 0.405 e. The number of rotatable bonds is 4. The minimum atomic E-state index is -1.26. The van der Waals surface area contributed by atoms with Crippen LogP contribution in [0.25, 0.3) is 10.9 Å². The van der Waals surface area contributed by atoms with Gasteiger partial charge in [-0.2, -0.15) is 0 Å². The molecule has 0 radical (unpaired) electrons. The molecular weight excluding hydrogens is 306 g/mol. The number of fused-ring (bicyclic) bond motifs is 1. The topological polar surface area (TPSA) is 91.3 Å². The van der Waals surface area contributed by atoms with E-state index in [1.165, 1.54) is 0 Å². The fraction of sp³-hybridized carbons (Fsp3) is 0.0556. The molecule has 24 heavy (non-hydrogen) atoms. The molecule has 6 nitrogen and oxygen atoms in total. The lowest BCUT2D eigenvalue weighted by molar-refractivity contribution is -0.118. The zero-order valence-electron chi connectivity index (χ0n) is 12.6. The minimum Gasteiger partial charge on any atom is -0.465 e. The van der Waals surface area contributed by atoms with Crippen LogP contribution in [0, 0.1) is 0 Å². The van der Waals surface area contributed by atoms with Crippen molar-refractivity contribution in [3.8, 4) is 0 Å². The van der Waals surface area contributed by atoms with Crippen molar-refractivity contribution in [3.63, 3.8) is 0 Å². The predicted molar refractivity (Wildman–Crippen MR) is 90.7 cm³/mol. The number of hydrogen-bond donors (Lipinski definition) is 3. The van der Waals surface area contributed by atoms with Crippen molar-refractivity contribution >= 4 is 28.6 Å². The van der Waals surface area contributed by atoms with Crippen LogP contribution in [0.4, 0.5) is 10.5 Å². The molecule has 0 aliphatic carbocycles. The lowest BCUT2D eigenvalue weighted by atomic mass is 10.1. The van der Waals surface area contributed by atoms with Crippen LogP contribution in [0.15, 0.2) is 66.9 Å². The molecule has 2 aromatic carbocycles. The van der Waals surface area contributed by atoms with Crippen molar-refractivity contribution in [2.75, 3.05) is 5.32 Å². The Balaban J connectivity index is 1.85. The molecule has 0 fully saturated rings. The molecule has 0 saturated heterocycles. The first-order valence-electron chi connectivity index (χ1n) is 7.33. The molecule has 3 aromatic rings. The summed E-state index contributed by atoms with van der Waals surface area (Å²) >= 11 is 0. The van der Waals surface area contributed by atoms with E-state index < -0.39 is 18.0 Å². The maximum atomic E-state index is 12.5. The standard InChI is InChI=1S/C18H15N3O3/c22-17(16(21-18(23)24)12-5-2-1-3-6-12)20-14-8-9-15-13(11-14)7-4-10-19-15/h1-11,16,21H,(H,20,22)(H,23,24). The number of nitrogens with zero attached hydrogens (tertiary/aromatic N) is 1. The van der Waals surface area contributed by atoms with Crippen molar-refractivity contribution < 1.29 is 14.7 Å². The first-order chi connectivity index (χ1) is 11.6. The van der Waals surface area contributed by atoms with Crippen LogP contribution in [0.3, 0.4) is 0 Å². The second-order valence-corrected chi connectivity index (χ2v) is 5.19. The first kappa shape index (κ1) is 15.5. The third kappa shape index (κ3) is 3.49. The third-order valence-electron chi connectivity index (χ3n) is 3.53. The van der Waals surface area contributed by atoms with E-state index >= 15 is 0 Å². The van der Waals surface area contributed by atoms with Gasteiger partial charge in [-0.25, -0.2) is 4.79 Å². The molecule has 3 rings (SSSR count). The molecule has 0 bridgehead atoms. The van der Waals surface area contributed by atoms with Crippen LogP contribution >= 0.6 is 0 Å². The fourth-order valence-corrected chi connectivity index (χ4v) is 2.44. The Morgan fingerprint density at radius 1 is 1.00 bits per heavy atom. The van der Waals surface area contributed by atoms with Crippen molar-refractivity contribution in [1.82, 2.24) is 10.3 Å². The van der Waals surface area contributed by atoms with E-state index in [2.05, 4.69) is 15.6 Å². The van der Waals surface area contributed by atoms with Gasteiger partial charge in [0.15, 0.2) is 0 Å². The van der Waals surface area contributed by atoms with Gasteiger partial charge in [0, 0.05) is 17.3 Å². The summed E-state index contributed by atoms with van der Waals surface area (Å²) in [5, 5.41) is 14.9. The number of carboxylic acid groups (broad SMARTS) is 1. The number of pyridine rings is 1. The van der Waals surface area contributed by atoms with Crippen molar-refractivity contribution in [1.29, 1.82) is 0 Å². The van der Waals surface area contributed by atoms with Gasteiger partial charge < -0.3 is 15.7 Å². The maximum absolute atomic E-state index is 12.5. The van der Waals surface area contributed by atoms with Crippen LogP contribution in [0.1, 0.15) is 11.6 Å². The molecule has 120 valence electrons. The molecule has 6 heteroatoms. The fourth-order valence-electron chi connectivity index (χ4n) is 2.44. The van der Waals surface area contributed by atoms with Crippen LogP contribution in [0.2, 0.25) is 0 Å². The summed E-state index contributed by atoms with van der Waals surface area (Å²) in [6.45, 7) is 0. The Bertz CT molecular complexity index is 881. The largest absolute Gasteiger partial charge is 0.465 e.